The van der Waals surface area contributed by atoms with Crippen molar-refractivity contribution in [2.45, 2.75) is 6.42 Å². The highest BCUT2D eigenvalue weighted by Gasteiger charge is 2.06. The van der Waals surface area contributed by atoms with E-state index in [2.05, 4.69) is 15.2 Å². The Hall–Kier alpha value is -2.40. The Morgan fingerprint density at radius 2 is 1.73 bits per heavy atom. The van der Waals surface area contributed by atoms with E-state index in [-0.39, 0.29) is 5.97 Å². The van der Waals surface area contributed by atoms with Crippen LogP contribution in [-0.4, -0.2) is 43.1 Å². The van der Waals surface area contributed by atoms with Crippen molar-refractivity contribution in [1.29, 1.82) is 0 Å². The van der Waals surface area contributed by atoms with Crippen LogP contribution in [0, 0.1) is 0 Å². The minimum atomic E-state index is -0.283. The van der Waals surface area contributed by atoms with Crippen molar-refractivity contribution in [3.63, 3.8) is 0 Å². The van der Waals surface area contributed by atoms with Gasteiger partial charge in [-0.25, -0.2) is 4.79 Å². The van der Waals surface area contributed by atoms with E-state index < -0.39 is 0 Å². The number of hydrogen-bond acceptors (Lipinski definition) is 5. The van der Waals surface area contributed by atoms with Crippen molar-refractivity contribution >= 4 is 17.3 Å². The summed E-state index contributed by atoms with van der Waals surface area (Å²) in [7, 11) is 3.99. The standard InChI is InChI=1S/C17H21N3O2/c1-20(2)12-3-13-22-17(21)14-4-6-15(7-5-14)19-16-8-10-18-11-9-16/h4-11H,3,12-13H2,1-2H3,(H,18,19). The van der Waals surface area contributed by atoms with Gasteiger partial charge in [-0.05, 0) is 56.9 Å². The lowest BCUT2D eigenvalue weighted by Gasteiger charge is -2.10. The van der Waals surface area contributed by atoms with Crippen LogP contribution in [0.15, 0.2) is 48.8 Å². The molecule has 2 aromatic rings. The number of carbonyl (C=O) groups excluding carboxylic acids is 1. The Labute approximate surface area is 130 Å². The molecule has 0 aliphatic rings. The van der Waals surface area contributed by atoms with Gasteiger partial charge in [0.25, 0.3) is 0 Å². The number of esters is 1. The average molecular weight is 299 g/mol. The second-order valence-electron chi connectivity index (χ2n) is 5.23. The molecule has 5 heteroatoms. The van der Waals surface area contributed by atoms with Crippen LogP contribution >= 0.6 is 0 Å². The van der Waals surface area contributed by atoms with Gasteiger partial charge in [-0.2, -0.15) is 0 Å². The number of nitrogens with zero attached hydrogens (tertiary/aromatic N) is 2. The quantitative estimate of drug-likeness (QED) is 0.629. The van der Waals surface area contributed by atoms with Gasteiger partial charge in [-0.15, -0.1) is 0 Å². The number of hydrogen-bond donors (Lipinski definition) is 1. The first-order valence-electron chi connectivity index (χ1n) is 7.24. The molecule has 0 bridgehead atoms. The molecule has 1 N–H and O–H groups in total. The zero-order valence-corrected chi connectivity index (χ0v) is 13.0. The highest BCUT2D eigenvalue weighted by Crippen LogP contribution is 2.16. The number of carbonyl (C=O) groups is 1. The van der Waals surface area contributed by atoms with Crippen LogP contribution in [0.25, 0.3) is 0 Å². The number of nitrogens with one attached hydrogen (secondary N) is 1. The molecule has 2 rings (SSSR count). The van der Waals surface area contributed by atoms with Crippen LogP contribution in [0.4, 0.5) is 11.4 Å². The Balaban J connectivity index is 1.84. The van der Waals surface area contributed by atoms with Crippen molar-refractivity contribution in [1.82, 2.24) is 9.88 Å². The Bertz CT molecular complexity index is 583. The van der Waals surface area contributed by atoms with Crippen LogP contribution < -0.4 is 5.32 Å². The fourth-order valence-electron chi connectivity index (χ4n) is 1.92. The number of ether oxygens (including phenoxy) is 1. The van der Waals surface area contributed by atoms with E-state index in [1.165, 1.54) is 0 Å². The lowest BCUT2D eigenvalue weighted by atomic mass is 10.2. The van der Waals surface area contributed by atoms with E-state index in [9.17, 15) is 4.79 Å². The normalized spacial score (nSPS) is 10.5. The van der Waals surface area contributed by atoms with E-state index >= 15 is 0 Å². The molecule has 1 aromatic carbocycles. The molecule has 0 aliphatic carbocycles. The predicted molar refractivity (Wildman–Crippen MR) is 87.4 cm³/mol. The Morgan fingerprint density at radius 1 is 1.09 bits per heavy atom. The van der Waals surface area contributed by atoms with Gasteiger partial charge in [0.2, 0.25) is 0 Å². The van der Waals surface area contributed by atoms with Crippen LogP contribution in [0.5, 0.6) is 0 Å². The SMILES string of the molecule is CN(C)CCCOC(=O)c1ccc(Nc2ccncc2)cc1. The molecular formula is C17H21N3O2. The van der Waals surface area contributed by atoms with Gasteiger partial charge in [-0.1, -0.05) is 0 Å². The molecule has 116 valence electrons. The van der Waals surface area contributed by atoms with Gasteiger partial charge in [-0.3, -0.25) is 4.98 Å². The maximum Gasteiger partial charge on any atom is 0.338 e. The highest BCUT2D eigenvalue weighted by molar-refractivity contribution is 5.89. The summed E-state index contributed by atoms with van der Waals surface area (Å²) in [5.74, 6) is -0.283. The first-order valence-corrected chi connectivity index (χ1v) is 7.24. The molecule has 0 amide bonds. The van der Waals surface area contributed by atoms with Gasteiger partial charge in [0.05, 0.1) is 12.2 Å². The van der Waals surface area contributed by atoms with Crippen molar-refractivity contribution in [2.75, 3.05) is 32.6 Å². The molecule has 0 atom stereocenters. The summed E-state index contributed by atoms with van der Waals surface area (Å²) in [6.07, 6.45) is 4.28. The molecule has 0 saturated carbocycles. The van der Waals surface area contributed by atoms with Crippen LogP contribution in [-0.2, 0) is 4.74 Å². The monoisotopic (exact) mass is 299 g/mol. The van der Waals surface area contributed by atoms with Gasteiger partial charge >= 0.3 is 5.97 Å². The molecule has 0 fully saturated rings. The average Bonchev–Trinajstić information content (AvgIpc) is 2.53. The smallest absolute Gasteiger partial charge is 0.338 e. The zero-order valence-electron chi connectivity index (χ0n) is 13.0. The predicted octanol–water partition coefficient (Wildman–Crippen LogP) is 2.93. The molecule has 0 spiro atoms. The van der Waals surface area contributed by atoms with Crippen molar-refractivity contribution < 1.29 is 9.53 Å². The second kappa shape index (κ2) is 8.14. The first kappa shape index (κ1) is 16.0. The number of anilines is 2. The largest absolute Gasteiger partial charge is 0.462 e. The third-order valence-electron chi connectivity index (χ3n) is 3.07. The van der Waals surface area contributed by atoms with Crippen molar-refractivity contribution in [3.8, 4) is 0 Å². The summed E-state index contributed by atoms with van der Waals surface area (Å²) in [5.41, 5.74) is 2.43. The van der Waals surface area contributed by atoms with Crippen LogP contribution in [0.2, 0.25) is 0 Å². The fourth-order valence-corrected chi connectivity index (χ4v) is 1.92. The molecule has 0 aliphatic heterocycles. The van der Waals surface area contributed by atoms with Crippen molar-refractivity contribution in [3.05, 3.63) is 54.4 Å². The number of pyridine rings is 1. The van der Waals surface area contributed by atoms with Gasteiger partial charge in [0.1, 0.15) is 0 Å². The number of benzene rings is 1. The van der Waals surface area contributed by atoms with Gasteiger partial charge in [0.15, 0.2) is 0 Å². The van der Waals surface area contributed by atoms with Crippen LogP contribution in [0.1, 0.15) is 16.8 Å². The third-order valence-corrected chi connectivity index (χ3v) is 3.07. The molecular weight excluding hydrogens is 278 g/mol. The third kappa shape index (κ3) is 5.18. The molecule has 1 heterocycles. The lowest BCUT2D eigenvalue weighted by molar-refractivity contribution is 0.0493. The highest BCUT2D eigenvalue weighted by atomic mass is 16.5. The fraction of sp³-hybridized carbons (Fsp3) is 0.294. The van der Waals surface area contributed by atoms with E-state index in [1.54, 1.807) is 24.5 Å². The molecule has 5 nitrogen and oxygen atoms in total. The summed E-state index contributed by atoms with van der Waals surface area (Å²) < 4.78 is 5.24. The summed E-state index contributed by atoms with van der Waals surface area (Å²) in [4.78, 5) is 17.9. The van der Waals surface area contributed by atoms with E-state index in [1.807, 2.05) is 38.4 Å². The summed E-state index contributed by atoms with van der Waals surface area (Å²) >= 11 is 0. The maximum absolute atomic E-state index is 11.9. The second-order valence-corrected chi connectivity index (χ2v) is 5.23. The summed E-state index contributed by atoms with van der Waals surface area (Å²) in [6, 6.07) is 11.0. The molecule has 0 unspecified atom stereocenters. The van der Waals surface area contributed by atoms with Gasteiger partial charge in [0, 0.05) is 30.3 Å². The maximum atomic E-state index is 11.9. The first-order chi connectivity index (χ1) is 10.6. The lowest BCUT2D eigenvalue weighted by Crippen LogP contribution is -2.16. The Kier molecular flexibility index (Phi) is 5.91. The molecule has 1 aromatic heterocycles. The Morgan fingerprint density at radius 3 is 2.36 bits per heavy atom. The minimum absolute atomic E-state index is 0.283. The zero-order chi connectivity index (χ0) is 15.8. The summed E-state index contributed by atoms with van der Waals surface area (Å²) in [5, 5.41) is 3.24. The molecule has 0 radical (unpaired) electrons. The number of rotatable bonds is 7. The van der Waals surface area contributed by atoms with Crippen LogP contribution in [0.3, 0.4) is 0 Å². The topological polar surface area (TPSA) is 54.5 Å². The van der Waals surface area contributed by atoms with Gasteiger partial charge < -0.3 is 15.0 Å². The van der Waals surface area contributed by atoms with Crippen molar-refractivity contribution in [2.24, 2.45) is 0 Å². The van der Waals surface area contributed by atoms with E-state index in [0.717, 1.165) is 24.3 Å². The molecule has 0 saturated heterocycles. The molecule has 22 heavy (non-hydrogen) atoms. The summed E-state index contributed by atoms with van der Waals surface area (Å²) in [6.45, 7) is 1.34. The van der Waals surface area contributed by atoms with E-state index in [0.29, 0.717) is 12.2 Å². The minimum Gasteiger partial charge on any atom is -0.462 e. The number of aromatic nitrogens is 1. The van der Waals surface area contributed by atoms with E-state index in [4.69, 9.17) is 4.74 Å².